The fraction of sp³-hybridized carbons (Fsp3) is 0.0400. The normalized spacial score (nSPS) is 14.2. The number of nitriles is 1. The number of carboxylic acids is 1. The number of carbonyl (C=O) groups is 2. The smallest absolute Gasteiger partial charge is 0.335 e. The minimum absolute atomic E-state index is 0.0494. The Kier molecular flexibility index (Phi) is 6.33. The number of halogens is 1. The average molecular weight is 502 g/mol. The molecular formula is C25H16BrN3O4. The van der Waals surface area contributed by atoms with Crippen LogP contribution in [0.15, 0.2) is 87.9 Å². The second-order valence-electron chi connectivity index (χ2n) is 6.97. The molecule has 1 aliphatic heterocycles. The molecule has 0 fully saturated rings. The van der Waals surface area contributed by atoms with Crippen molar-refractivity contribution in [1.29, 1.82) is 5.26 Å². The molecule has 3 aromatic carbocycles. The highest BCUT2D eigenvalue weighted by Gasteiger charge is 2.32. The minimum Gasteiger partial charge on any atom is -0.478 e. The average Bonchev–Trinajstić information content (AvgIpc) is 3.15. The molecule has 1 amide bonds. The number of rotatable bonds is 6. The van der Waals surface area contributed by atoms with Gasteiger partial charge in [0.25, 0.3) is 5.91 Å². The van der Waals surface area contributed by atoms with Crippen molar-refractivity contribution in [2.24, 2.45) is 5.10 Å². The van der Waals surface area contributed by atoms with Crippen molar-refractivity contribution >= 4 is 45.3 Å². The van der Waals surface area contributed by atoms with Crippen molar-refractivity contribution in [2.75, 3.05) is 11.6 Å². The van der Waals surface area contributed by atoms with E-state index in [1.54, 1.807) is 36.4 Å². The van der Waals surface area contributed by atoms with Crippen LogP contribution in [0.5, 0.6) is 5.75 Å². The van der Waals surface area contributed by atoms with E-state index < -0.39 is 11.9 Å². The SMILES string of the molecule is N#CCOc1ccc(Br)cc1/C=C1/C(=O)N(c2cccc(C(=O)O)c2)N=C1c1ccccc1. The van der Waals surface area contributed by atoms with Crippen LogP contribution in [0.25, 0.3) is 6.08 Å². The van der Waals surface area contributed by atoms with Gasteiger partial charge in [-0.2, -0.15) is 15.4 Å². The maximum Gasteiger partial charge on any atom is 0.335 e. The first-order valence-electron chi connectivity index (χ1n) is 9.81. The van der Waals surface area contributed by atoms with Gasteiger partial charge in [-0.1, -0.05) is 52.3 Å². The van der Waals surface area contributed by atoms with E-state index in [2.05, 4.69) is 21.0 Å². The molecule has 0 aliphatic carbocycles. The third-order valence-electron chi connectivity index (χ3n) is 4.83. The molecule has 0 saturated carbocycles. The zero-order valence-electron chi connectivity index (χ0n) is 17.1. The third kappa shape index (κ3) is 4.68. The number of ether oxygens (including phenoxy) is 1. The highest BCUT2D eigenvalue weighted by Crippen LogP contribution is 2.31. The predicted octanol–water partition coefficient (Wildman–Crippen LogP) is 4.88. The molecule has 4 rings (SSSR count). The summed E-state index contributed by atoms with van der Waals surface area (Å²) in [5.74, 6) is -1.07. The third-order valence-corrected chi connectivity index (χ3v) is 5.32. The Bertz CT molecular complexity index is 1340. The number of amides is 1. The summed E-state index contributed by atoms with van der Waals surface area (Å²) in [5, 5.41) is 23.9. The summed E-state index contributed by atoms with van der Waals surface area (Å²) in [6.07, 6.45) is 1.66. The lowest BCUT2D eigenvalue weighted by Crippen LogP contribution is -2.21. The number of anilines is 1. The molecule has 3 aromatic rings. The van der Waals surface area contributed by atoms with Crippen LogP contribution in [0.4, 0.5) is 5.69 Å². The van der Waals surface area contributed by atoms with Crippen molar-refractivity contribution in [1.82, 2.24) is 0 Å². The quantitative estimate of drug-likeness (QED) is 0.484. The van der Waals surface area contributed by atoms with Gasteiger partial charge in [0.05, 0.1) is 16.8 Å². The predicted molar refractivity (Wildman–Crippen MR) is 127 cm³/mol. The first kappa shape index (κ1) is 22.0. The zero-order chi connectivity index (χ0) is 23.4. The van der Waals surface area contributed by atoms with Crippen LogP contribution in [-0.4, -0.2) is 29.3 Å². The number of carboxylic acid groups (broad SMARTS) is 1. The highest BCUT2D eigenvalue weighted by atomic mass is 79.9. The summed E-state index contributed by atoms with van der Waals surface area (Å²) in [6, 6.07) is 22.5. The molecule has 0 aromatic heterocycles. The molecule has 1 N–H and O–H groups in total. The van der Waals surface area contributed by atoms with Crippen molar-refractivity contribution < 1.29 is 19.4 Å². The minimum atomic E-state index is -1.10. The molecule has 0 spiro atoms. The number of hydrogen-bond acceptors (Lipinski definition) is 5. The summed E-state index contributed by atoms with van der Waals surface area (Å²) in [7, 11) is 0. The summed E-state index contributed by atoms with van der Waals surface area (Å²) < 4.78 is 6.30. The van der Waals surface area contributed by atoms with Gasteiger partial charge < -0.3 is 9.84 Å². The zero-order valence-corrected chi connectivity index (χ0v) is 18.7. The highest BCUT2D eigenvalue weighted by molar-refractivity contribution is 9.10. The largest absolute Gasteiger partial charge is 0.478 e. The fourth-order valence-corrected chi connectivity index (χ4v) is 3.71. The number of aromatic carboxylic acids is 1. The van der Waals surface area contributed by atoms with Crippen LogP contribution in [0.1, 0.15) is 21.5 Å². The molecule has 7 nitrogen and oxygen atoms in total. The first-order chi connectivity index (χ1) is 16.0. The van der Waals surface area contributed by atoms with Crippen molar-refractivity contribution in [3.8, 4) is 11.8 Å². The van der Waals surface area contributed by atoms with E-state index in [9.17, 15) is 14.7 Å². The number of benzene rings is 3. The lowest BCUT2D eigenvalue weighted by atomic mass is 10.00. The summed E-state index contributed by atoms with van der Waals surface area (Å²) in [6.45, 7) is -0.139. The number of carbonyl (C=O) groups excluding carboxylic acids is 1. The van der Waals surface area contributed by atoms with E-state index in [-0.39, 0.29) is 12.2 Å². The van der Waals surface area contributed by atoms with Gasteiger partial charge in [0, 0.05) is 15.6 Å². The molecule has 0 radical (unpaired) electrons. The second kappa shape index (κ2) is 9.51. The molecular weight excluding hydrogens is 486 g/mol. The van der Waals surface area contributed by atoms with E-state index in [1.807, 2.05) is 36.4 Å². The van der Waals surface area contributed by atoms with E-state index >= 15 is 0 Å². The van der Waals surface area contributed by atoms with Crippen LogP contribution in [0.3, 0.4) is 0 Å². The summed E-state index contributed by atoms with van der Waals surface area (Å²) in [4.78, 5) is 24.9. The van der Waals surface area contributed by atoms with Gasteiger partial charge in [0.15, 0.2) is 6.61 Å². The van der Waals surface area contributed by atoms with E-state index in [1.165, 1.54) is 17.1 Å². The van der Waals surface area contributed by atoms with Crippen molar-refractivity contribution in [2.45, 2.75) is 0 Å². The summed E-state index contributed by atoms with van der Waals surface area (Å²) >= 11 is 3.43. The molecule has 0 saturated heterocycles. The lowest BCUT2D eigenvalue weighted by Gasteiger charge is -2.12. The molecule has 33 heavy (non-hydrogen) atoms. The lowest BCUT2D eigenvalue weighted by molar-refractivity contribution is -0.114. The van der Waals surface area contributed by atoms with Gasteiger partial charge in [0.2, 0.25) is 0 Å². The molecule has 0 unspecified atom stereocenters. The van der Waals surface area contributed by atoms with Gasteiger partial charge in [-0.05, 0) is 42.5 Å². The molecule has 1 heterocycles. The molecule has 8 heteroatoms. The monoisotopic (exact) mass is 501 g/mol. The van der Waals surface area contributed by atoms with E-state index in [0.29, 0.717) is 28.3 Å². The Hall–Kier alpha value is -4.22. The van der Waals surface area contributed by atoms with Gasteiger partial charge in [-0.15, -0.1) is 0 Å². The van der Waals surface area contributed by atoms with E-state index in [0.717, 1.165) is 10.0 Å². The number of hydrogen-bond donors (Lipinski definition) is 1. The maximum absolute atomic E-state index is 13.5. The molecule has 0 bridgehead atoms. The van der Waals surface area contributed by atoms with Crippen molar-refractivity contribution in [3.63, 3.8) is 0 Å². The van der Waals surface area contributed by atoms with Gasteiger partial charge in [-0.25, -0.2) is 4.79 Å². The standard InChI is InChI=1S/C25H16BrN3O4/c26-19-9-10-22(33-12-11-27)18(13-19)15-21-23(16-5-2-1-3-6-16)28-29(24(21)30)20-8-4-7-17(14-20)25(31)32/h1-10,13-15H,12H2,(H,31,32)/b21-15+. The Balaban J connectivity index is 1.84. The maximum atomic E-state index is 13.5. The Morgan fingerprint density at radius 3 is 2.64 bits per heavy atom. The van der Waals surface area contributed by atoms with E-state index in [4.69, 9.17) is 10.00 Å². The molecule has 0 atom stereocenters. The van der Waals surface area contributed by atoms with Gasteiger partial charge in [0.1, 0.15) is 17.5 Å². The number of hydrazone groups is 1. The van der Waals surface area contributed by atoms with Gasteiger partial charge in [-0.3, -0.25) is 4.79 Å². The molecule has 162 valence electrons. The number of nitrogens with zero attached hydrogens (tertiary/aromatic N) is 3. The fourth-order valence-electron chi connectivity index (χ4n) is 3.33. The molecule has 1 aliphatic rings. The van der Waals surface area contributed by atoms with Crippen molar-refractivity contribution in [3.05, 3.63) is 99.5 Å². The van der Waals surface area contributed by atoms with Crippen LogP contribution in [0, 0.1) is 11.3 Å². The first-order valence-corrected chi connectivity index (χ1v) is 10.6. The summed E-state index contributed by atoms with van der Waals surface area (Å²) in [5.41, 5.74) is 2.45. The Morgan fingerprint density at radius 2 is 1.91 bits per heavy atom. The topological polar surface area (TPSA) is 103 Å². The second-order valence-corrected chi connectivity index (χ2v) is 7.89. The van der Waals surface area contributed by atoms with Crippen LogP contribution < -0.4 is 9.75 Å². The Labute approximate surface area is 198 Å². The van der Waals surface area contributed by atoms with Crippen LogP contribution >= 0.6 is 15.9 Å². The van der Waals surface area contributed by atoms with Crippen LogP contribution in [-0.2, 0) is 4.79 Å². The Morgan fingerprint density at radius 1 is 1.12 bits per heavy atom. The van der Waals surface area contributed by atoms with Gasteiger partial charge >= 0.3 is 5.97 Å². The van der Waals surface area contributed by atoms with Crippen LogP contribution in [0.2, 0.25) is 0 Å².